The average Bonchev–Trinajstić information content (AvgIpc) is 2.94. The van der Waals surface area contributed by atoms with Gasteiger partial charge in [-0.25, -0.2) is 13.8 Å². The summed E-state index contributed by atoms with van der Waals surface area (Å²) in [7, 11) is 0. The molecule has 0 amide bonds. The molecule has 0 aliphatic heterocycles. The molecule has 0 saturated carbocycles. The van der Waals surface area contributed by atoms with E-state index in [0.717, 1.165) is 6.20 Å². The molecule has 222 valence electrons. The van der Waals surface area contributed by atoms with Crippen LogP contribution in [-0.2, 0) is 12.2 Å². The van der Waals surface area contributed by atoms with E-state index in [2.05, 4.69) is 9.98 Å². The maximum Gasteiger partial charge on any atom is 0.277 e. The zero-order chi connectivity index (χ0) is 31.3. The predicted octanol–water partition coefficient (Wildman–Crippen LogP) is 6.45. The number of allylic oxidation sites excluding steroid dienone is 2. The van der Waals surface area contributed by atoms with Gasteiger partial charge in [0.2, 0.25) is 0 Å². The van der Waals surface area contributed by atoms with Gasteiger partial charge < -0.3 is 9.84 Å². The van der Waals surface area contributed by atoms with Crippen LogP contribution in [0.1, 0.15) is 65.4 Å². The first-order chi connectivity index (χ1) is 19.4. The fourth-order valence-electron chi connectivity index (χ4n) is 3.19. The zero-order valence-corrected chi connectivity index (χ0v) is 25.3. The maximum absolute atomic E-state index is 13.9. The van der Waals surface area contributed by atoms with Crippen LogP contribution in [0.5, 0.6) is 5.75 Å². The van der Waals surface area contributed by atoms with Gasteiger partial charge in [-0.15, -0.1) is 0 Å². The third-order valence-electron chi connectivity index (χ3n) is 5.18. The van der Waals surface area contributed by atoms with Gasteiger partial charge in [0.05, 0.1) is 11.8 Å². The summed E-state index contributed by atoms with van der Waals surface area (Å²) in [6, 6.07) is 4.98. The first-order valence-electron chi connectivity index (χ1n) is 13.1. The summed E-state index contributed by atoms with van der Waals surface area (Å²) in [4.78, 5) is 33.4. The van der Waals surface area contributed by atoms with E-state index in [9.17, 15) is 23.5 Å². The van der Waals surface area contributed by atoms with Crippen LogP contribution < -0.4 is 15.9 Å². The predicted molar refractivity (Wildman–Crippen MR) is 161 cm³/mol. The molecule has 0 spiro atoms. The Labute approximate surface area is 243 Å². The quantitative estimate of drug-likeness (QED) is 0.252. The third kappa shape index (κ3) is 9.61. The molecule has 0 saturated heterocycles. The van der Waals surface area contributed by atoms with E-state index >= 15 is 0 Å². The van der Waals surface area contributed by atoms with Gasteiger partial charge in [0, 0.05) is 42.5 Å². The van der Waals surface area contributed by atoms with Crippen molar-refractivity contribution in [2.24, 2.45) is 4.99 Å². The van der Waals surface area contributed by atoms with Crippen LogP contribution in [0.25, 0.3) is 6.20 Å². The van der Waals surface area contributed by atoms with E-state index in [0.29, 0.717) is 17.3 Å². The number of hydrogen-bond acceptors (Lipinski definition) is 6. The molecular formula is C30H37ClF2N4O4. The molecule has 3 heterocycles. The maximum atomic E-state index is 13.9. The lowest BCUT2D eigenvalue weighted by atomic mass is 10.0. The topological polar surface area (TPSA) is 98.7 Å². The van der Waals surface area contributed by atoms with Gasteiger partial charge in [-0.2, -0.15) is 0 Å². The fourth-order valence-corrected chi connectivity index (χ4v) is 3.39. The number of nitrogens with zero attached hydrogens (tertiary/aromatic N) is 4. The molecule has 41 heavy (non-hydrogen) atoms. The molecule has 1 N–H and O–H groups in total. The number of hydrogen-bond donors (Lipinski definition) is 1. The average molecular weight is 591 g/mol. The Morgan fingerprint density at radius 3 is 2.41 bits per heavy atom. The van der Waals surface area contributed by atoms with Crippen LogP contribution in [0.4, 0.5) is 8.78 Å². The molecule has 0 unspecified atom stereocenters. The molecule has 0 atom stereocenters. The Morgan fingerprint density at radius 2 is 1.83 bits per heavy atom. The second-order valence-electron chi connectivity index (χ2n) is 8.48. The second-order valence-corrected chi connectivity index (χ2v) is 8.86. The zero-order valence-electron chi connectivity index (χ0n) is 24.6. The number of aryl methyl sites for hydroxylation is 1. The van der Waals surface area contributed by atoms with E-state index in [4.69, 9.17) is 16.3 Å². The summed E-state index contributed by atoms with van der Waals surface area (Å²) >= 11 is 6.22. The number of ether oxygens (including phenoxy) is 1. The molecule has 0 aliphatic rings. The highest BCUT2D eigenvalue weighted by Gasteiger charge is 2.18. The van der Waals surface area contributed by atoms with Crippen molar-refractivity contribution < 1.29 is 18.6 Å². The number of halogens is 3. The summed E-state index contributed by atoms with van der Waals surface area (Å²) < 4.78 is 34.9. The van der Waals surface area contributed by atoms with Gasteiger partial charge in [0.15, 0.2) is 5.82 Å². The minimum atomic E-state index is -1.20. The van der Waals surface area contributed by atoms with E-state index < -0.39 is 28.4 Å². The van der Waals surface area contributed by atoms with E-state index in [1.807, 2.05) is 27.7 Å². The first-order valence-corrected chi connectivity index (χ1v) is 13.5. The number of pyridine rings is 3. The van der Waals surface area contributed by atoms with Crippen LogP contribution in [0.2, 0.25) is 5.02 Å². The van der Waals surface area contributed by atoms with Crippen molar-refractivity contribution in [1.29, 1.82) is 0 Å². The number of aromatic nitrogens is 3. The Bertz CT molecular complexity index is 1520. The van der Waals surface area contributed by atoms with Gasteiger partial charge >= 0.3 is 0 Å². The summed E-state index contributed by atoms with van der Waals surface area (Å²) in [6.07, 6.45) is 8.30. The van der Waals surface area contributed by atoms with Crippen molar-refractivity contribution in [1.82, 2.24) is 14.1 Å². The summed E-state index contributed by atoms with van der Waals surface area (Å²) in [5, 5.41) is 10.1. The molecule has 3 rings (SSSR count). The van der Waals surface area contributed by atoms with Crippen LogP contribution in [0, 0.1) is 18.6 Å². The standard InChI is InChI=1S/C26H25ClF2N4O4.2C2H6/c1-5-9-30-22(33-14-17(26(3,4)36)6-7-23(33)34)8-10-32-16(2)11-21(24(27)25(32)35)37-15-20-19(29)12-18(28)13-31-20;2*1-2/h5-14,36H,15H2,1-4H3;2*1-2H3/b9-5+,10-8+,30-22-;;. The van der Waals surface area contributed by atoms with Crippen molar-refractivity contribution in [3.63, 3.8) is 0 Å². The summed E-state index contributed by atoms with van der Waals surface area (Å²) in [5.41, 5.74) is -1.48. The third-order valence-corrected chi connectivity index (χ3v) is 5.53. The molecule has 0 bridgehead atoms. The Hall–Kier alpha value is -3.89. The molecule has 8 nitrogen and oxygen atoms in total. The van der Waals surface area contributed by atoms with E-state index in [1.54, 1.807) is 33.8 Å². The molecule has 3 aromatic rings. The number of aliphatic hydroxyl groups is 1. The lowest BCUT2D eigenvalue weighted by Crippen LogP contribution is -2.28. The van der Waals surface area contributed by atoms with E-state index in [1.165, 1.54) is 52.0 Å². The van der Waals surface area contributed by atoms with E-state index in [-0.39, 0.29) is 28.9 Å². The molecule has 0 aliphatic carbocycles. The summed E-state index contributed by atoms with van der Waals surface area (Å²) in [6.45, 7) is 14.2. The lowest BCUT2D eigenvalue weighted by molar-refractivity contribution is 0.0780. The lowest BCUT2D eigenvalue weighted by Gasteiger charge is -2.19. The Morgan fingerprint density at radius 1 is 1.17 bits per heavy atom. The van der Waals surface area contributed by atoms with Gasteiger partial charge in [0.25, 0.3) is 11.1 Å². The highest BCUT2D eigenvalue weighted by Crippen LogP contribution is 2.23. The molecular weight excluding hydrogens is 554 g/mol. The van der Waals surface area contributed by atoms with Crippen molar-refractivity contribution in [3.05, 3.63) is 109 Å². The number of rotatable bonds is 7. The van der Waals surface area contributed by atoms with Gasteiger partial charge in [-0.05, 0) is 45.4 Å². The summed E-state index contributed by atoms with van der Waals surface area (Å²) in [5.74, 6) is -1.54. The van der Waals surface area contributed by atoms with Crippen LogP contribution in [-0.4, -0.2) is 25.1 Å². The SMILES string of the molecule is C/C=C/N=C(/C=C/n1c(C)cc(OCc2ncc(F)cc2F)c(Cl)c1=O)n1cc(C(C)(C)O)ccc1=O.CC.CC. The molecule has 3 aromatic heterocycles. The molecule has 0 fully saturated rings. The highest BCUT2D eigenvalue weighted by atomic mass is 35.5. The number of aliphatic imine (C=N–C) groups is 1. The smallest absolute Gasteiger partial charge is 0.277 e. The van der Waals surface area contributed by atoms with Crippen LogP contribution in [0.3, 0.4) is 0 Å². The second kappa shape index (κ2) is 16.4. The van der Waals surface area contributed by atoms with Crippen molar-refractivity contribution in [3.8, 4) is 5.75 Å². The van der Waals surface area contributed by atoms with Gasteiger partial charge in [-0.1, -0.05) is 45.4 Å². The Kier molecular flexibility index (Phi) is 14.0. The normalized spacial score (nSPS) is 11.7. The highest BCUT2D eigenvalue weighted by molar-refractivity contribution is 6.31. The fraction of sp³-hybridized carbons (Fsp3) is 0.333. The van der Waals surface area contributed by atoms with Crippen molar-refractivity contribution in [2.45, 2.75) is 67.6 Å². The minimum absolute atomic E-state index is 0.00348. The first kappa shape index (κ1) is 35.1. The van der Waals surface area contributed by atoms with Crippen LogP contribution in [0.15, 0.2) is 69.6 Å². The van der Waals surface area contributed by atoms with Crippen molar-refractivity contribution >= 4 is 23.6 Å². The molecule has 11 heteroatoms. The monoisotopic (exact) mass is 590 g/mol. The van der Waals surface area contributed by atoms with Crippen molar-refractivity contribution in [2.75, 3.05) is 0 Å². The Balaban J connectivity index is 0.00000201. The largest absolute Gasteiger partial charge is 0.485 e. The minimum Gasteiger partial charge on any atom is -0.485 e. The van der Waals surface area contributed by atoms with Gasteiger partial charge in [0.1, 0.15) is 34.7 Å². The van der Waals surface area contributed by atoms with Crippen LogP contribution >= 0.6 is 11.6 Å². The molecule has 0 radical (unpaired) electrons. The molecule has 0 aromatic carbocycles. The van der Waals surface area contributed by atoms with Gasteiger partial charge in [-0.3, -0.25) is 23.7 Å².